The van der Waals surface area contributed by atoms with Crippen LogP contribution in [0.1, 0.15) is 25.8 Å². The molecule has 1 amide bonds. The summed E-state index contributed by atoms with van der Waals surface area (Å²) in [6.45, 7) is 5.11. The first-order chi connectivity index (χ1) is 9.01. The summed E-state index contributed by atoms with van der Waals surface area (Å²) in [7, 11) is 0. The van der Waals surface area contributed by atoms with Crippen LogP contribution in [0, 0.1) is 11.6 Å². The number of hydrogen-bond donors (Lipinski definition) is 2. The van der Waals surface area contributed by atoms with Gasteiger partial charge in [-0.1, -0.05) is 6.92 Å². The predicted molar refractivity (Wildman–Crippen MR) is 70.8 cm³/mol. The molecular formula is C14H20F2N2O. The molecule has 0 fully saturated rings. The van der Waals surface area contributed by atoms with E-state index in [9.17, 15) is 13.6 Å². The number of nitrogens with one attached hydrogen (secondary N) is 2. The lowest BCUT2D eigenvalue weighted by Crippen LogP contribution is -2.34. The monoisotopic (exact) mass is 270 g/mol. The van der Waals surface area contributed by atoms with E-state index < -0.39 is 11.6 Å². The van der Waals surface area contributed by atoms with Crippen LogP contribution in [0.3, 0.4) is 0 Å². The predicted octanol–water partition coefficient (Wildman–Crippen LogP) is 2.01. The van der Waals surface area contributed by atoms with Gasteiger partial charge in [-0.25, -0.2) is 8.78 Å². The Hall–Kier alpha value is -1.49. The first kappa shape index (κ1) is 15.6. The zero-order valence-electron chi connectivity index (χ0n) is 11.3. The van der Waals surface area contributed by atoms with Gasteiger partial charge < -0.3 is 10.6 Å². The molecule has 0 heterocycles. The quantitative estimate of drug-likeness (QED) is 0.796. The normalized spacial score (nSPS) is 12.2. The molecule has 19 heavy (non-hydrogen) atoms. The summed E-state index contributed by atoms with van der Waals surface area (Å²) in [5, 5.41) is 5.87. The highest BCUT2D eigenvalue weighted by atomic mass is 19.1. The van der Waals surface area contributed by atoms with Crippen LogP contribution in [-0.2, 0) is 11.2 Å². The Bertz CT molecular complexity index is 404. The first-order valence-electron chi connectivity index (χ1n) is 6.46. The lowest BCUT2D eigenvalue weighted by atomic mass is 10.1. The number of halogens is 2. The van der Waals surface area contributed by atoms with Gasteiger partial charge in [-0.2, -0.15) is 0 Å². The van der Waals surface area contributed by atoms with Crippen LogP contribution >= 0.6 is 0 Å². The zero-order chi connectivity index (χ0) is 14.3. The van der Waals surface area contributed by atoms with E-state index in [1.807, 2.05) is 13.8 Å². The SMILES string of the molecule is CCNC(C)CC(=O)NCCc1cc(F)cc(F)c1. The summed E-state index contributed by atoms with van der Waals surface area (Å²) >= 11 is 0. The van der Waals surface area contributed by atoms with Gasteiger partial charge in [-0.15, -0.1) is 0 Å². The standard InChI is InChI=1S/C14H20F2N2O/c1-3-17-10(2)6-14(19)18-5-4-11-7-12(15)9-13(16)8-11/h7-10,17H,3-6H2,1-2H3,(H,18,19). The van der Waals surface area contributed by atoms with Crippen molar-refractivity contribution in [3.63, 3.8) is 0 Å². The van der Waals surface area contributed by atoms with E-state index in [2.05, 4.69) is 10.6 Å². The molecule has 0 saturated heterocycles. The maximum Gasteiger partial charge on any atom is 0.221 e. The van der Waals surface area contributed by atoms with Crippen molar-refractivity contribution in [3.05, 3.63) is 35.4 Å². The van der Waals surface area contributed by atoms with Crippen LogP contribution in [0.15, 0.2) is 18.2 Å². The first-order valence-corrected chi connectivity index (χ1v) is 6.46. The summed E-state index contributed by atoms with van der Waals surface area (Å²) < 4.78 is 25.9. The maximum atomic E-state index is 12.9. The van der Waals surface area contributed by atoms with Crippen LogP contribution in [0.5, 0.6) is 0 Å². The lowest BCUT2D eigenvalue weighted by molar-refractivity contribution is -0.121. The Kier molecular flexibility index (Phi) is 6.42. The van der Waals surface area contributed by atoms with Gasteiger partial charge in [0.2, 0.25) is 5.91 Å². The summed E-state index contributed by atoms with van der Waals surface area (Å²) in [6.07, 6.45) is 0.807. The molecule has 3 nitrogen and oxygen atoms in total. The summed E-state index contributed by atoms with van der Waals surface area (Å²) in [6, 6.07) is 3.50. The molecule has 0 spiro atoms. The average molecular weight is 270 g/mol. The molecule has 106 valence electrons. The molecule has 1 unspecified atom stereocenters. The highest BCUT2D eigenvalue weighted by Crippen LogP contribution is 2.08. The number of carbonyl (C=O) groups is 1. The molecule has 1 aromatic rings. The summed E-state index contributed by atoms with van der Waals surface area (Å²) in [5.41, 5.74) is 0.539. The van der Waals surface area contributed by atoms with Crippen molar-refractivity contribution in [2.75, 3.05) is 13.1 Å². The third kappa shape index (κ3) is 6.29. The Labute approximate surface area is 112 Å². The maximum absolute atomic E-state index is 12.9. The average Bonchev–Trinajstić information content (AvgIpc) is 2.27. The highest BCUT2D eigenvalue weighted by molar-refractivity contribution is 5.76. The largest absolute Gasteiger partial charge is 0.356 e. The van der Waals surface area contributed by atoms with Gasteiger partial charge in [0.05, 0.1) is 0 Å². The van der Waals surface area contributed by atoms with Crippen molar-refractivity contribution in [2.45, 2.75) is 32.7 Å². The van der Waals surface area contributed by atoms with Gasteiger partial charge in [0.1, 0.15) is 11.6 Å². The molecule has 5 heteroatoms. The smallest absolute Gasteiger partial charge is 0.221 e. The minimum Gasteiger partial charge on any atom is -0.356 e. The Morgan fingerprint density at radius 1 is 1.26 bits per heavy atom. The van der Waals surface area contributed by atoms with Crippen LogP contribution in [0.4, 0.5) is 8.78 Å². The van der Waals surface area contributed by atoms with Crippen LogP contribution in [0.2, 0.25) is 0 Å². The molecule has 0 aromatic heterocycles. The fourth-order valence-electron chi connectivity index (χ4n) is 1.87. The highest BCUT2D eigenvalue weighted by Gasteiger charge is 2.07. The number of rotatable bonds is 7. The summed E-state index contributed by atoms with van der Waals surface area (Å²) in [4.78, 5) is 11.6. The topological polar surface area (TPSA) is 41.1 Å². The molecule has 1 atom stereocenters. The number of hydrogen-bond acceptors (Lipinski definition) is 2. The van der Waals surface area contributed by atoms with Crippen LogP contribution in [0.25, 0.3) is 0 Å². The summed E-state index contributed by atoms with van der Waals surface area (Å²) in [5.74, 6) is -1.26. The number of carbonyl (C=O) groups excluding carboxylic acids is 1. The lowest BCUT2D eigenvalue weighted by Gasteiger charge is -2.12. The van der Waals surface area contributed by atoms with E-state index >= 15 is 0 Å². The van der Waals surface area contributed by atoms with Crippen molar-refractivity contribution < 1.29 is 13.6 Å². The van der Waals surface area contributed by atoms with E-state index in [1.165, 1.54) is 12.1 Å². The van der Waals surface area contributed by atoms with Gasteiger partial charge in [0.25, 0.3) is 0 Å². The van der Waals surface area contributed by atoms with Crippen LogP contribution < -0.4 is 10.6 Å². The molecule has 1 aromatic carbocycles. The number of benzene rings is 1. The van der Waals surface area contributed by atoms with Crippen molar-refractivity contribution in [2.24, 2.45) is 0 Å². The Morgan fingerprint density at radius 2 is 1.89 bits per heavy atom. The second-order valence-electron chi connectivity index (χ2n) is 4.54. The molecule has 0 bridgehead atoms. The van der Waals surface area contributed by atoms with E-state index in [4.69, 9.17) is 0 Å². The van der Waals surface area contributed by atoms with Crippen molar-refractivity contribution in [1.82, 2.24) is 10.6 Å². The van der Waals surface area contributed by atoms with E-state index in [-0.39, 0.29) is 11.9 Å². The molecular weight excluding hydrogens is 250 g/mol. The molecule has 0 aliphatic rings. The van der Waals surface area contributed by atoms with Crippen LogP contribution in [-0.4, -0.2) is 25.0 Å². The second-order valence-corrected chi connectivity index (χ2v) is 4.54. The number of amides is 1. The fraction of sp³-hybridized carbons (Fsp3) is 0.500. The Morgan fingerprint density at radius 3 is 2.47 bits per heavy atom. The second kappa shape index (κ2) is 7.84. The van der Waals surface area contributed by atoms with Crippen molar-refractivity contribution in [3.8, 4) is 0 Å². The molecule has 0 aliphatic heterocycles. The molecule has 2 N–H and O–H groups in total. The minimum atomic E-state index is -0.595. The van der Waals surface area contributed by atoms with E-state index in [0.29, 0.717) is 24.9 Å². The van der Waals surface area contributed by atoms with Gasteiger partial charge >= 0.3 is 0 Å². The van der Waals surface area contributed by atoms with Crippen molar-refractivity contribution >= 4 is 5.91 Å². The molecule has 0 aliphatic carbocycles. The molecule has 1 rings (SSSR count). The zero-order valence-corrected chi connectivity index (χ0v) is 11.3. The third-order valence-corrected chi connectivity index (χ3v) is 2.70. The van der Waals surface area contributed by atoms with E-state index in [1.54, 1.807) is 0 Å². The van der Waals surface area contributed by atoms with E-state index in [0.717, 1.165) is 12.6 Å². The van der Waals surface area contributed by atoms with Gasteiger partial charge in [0.15, 0.2) is 0 Å². The third-order valence-electron chi connectivity index (χ3n) is 2.70. The fourth-order valence-corrected chi connectivity index (χ4v) is 1.87. The van der Waals surface area contributed by atoms with Gasteiger partial charge in [-0.3, -0.25) is 4.79 Å². The van der Waals surface area contributed by atoms with Crippen molar-refractivity contribution in [1.29, 1.82) is 0 Å². The minimum absolute atomic E-state index is 0.0645. The molecule has 0 radical (unpaired) electrons. The molecule has 0 saturated carbocycles. The Balaban J connectivity index is 2.31. The van der Waals surface area contributed by atoms with Gasteiger partial charge in [-0.05, 0) is 37.6 Å². The van der Waals surface area contributed by atoms with Gasteiger partial charge in [0, 0.05) is 25.1 Å².